The molecule has 1 N–H and O–H groups in total. The Labute approximate surface area is 149 Å². The molecule has 0 amide bonds. The maximum atomic E-state index is 11.4. The van der Waals surface area contributed by atoms with Crippen LogP contribution in [0.1, 0.15) is 49.9 Å². The van der Waals surface area contributed by atoms with Crippen molar-refractivity contribution in [2.75, 3.05) is 0 Å². The number of pyridine rings is 2. The van der Waals surface area contributed by atoms with Crippen molar-refractivity contribution in [2.45, 2.75) is 51.4 Å². The predicted octanol–water partition coefficient (Wildman–Crippen LogP) is 4.30. The molecular formula is C21H26N2O2. The number of hydrogen-bond donors (Lipinski definition) is 1. The molecular weight excluding hydrogens is 312 g/mol. The van der Waals surface area contributed by atoms with Crippen molar-refractivity contribution < 1.29 is 9.90 Å². The highest BCUT2D eigenvalue weighted by atomic mass is 16.4. The molecule has 1 saturated carbocycles. The van der Waals surface area contributed by atoms with E-state index in [2.05, 4.69) is 22.1 Å². The first-order chi connectivity index (χ1) is 12.2. The summed E-state index contributed by atoms with van der Waals surface area (Å²) in [5.74, 6) is -0.131. The smallest absolute Gasteiger partial charge is 0.309 e. The van der Waals surface area contributed by atoms with Crippen molar-refractivity contribution in [3.63, 3.8) is 0 Å². The molecule has 0 bridgehead atoms. The van der Waals surface area contributed by atoms with Crippen LogP contribution in [0.4, 0.5) is 0 Å². The van der Waals surface area contributed by atoms with E-state index in [0.29, 0.717) is 5.92 Å². The molecule has 1 aliphatic carbocycles. The molecule has 3 rings (SSSR count). The van der Waals surface area contributed by atoms with Crippen LogP contribution >= 0.6 is 0 Å². The molecule has 2 aromatic heterocycles. The highest BCUT2D eigenvalue weighted by molar-refractivity contribution is 5.77. The van der Waals surface area contributed by atoms with Gasteiger partial charge in [0, 0.05) is 23.8 Å². The van der Waals surface area contributed by atoms with Gasteiger partial charge < -0.3 is 5.11 Å². The first-order valence-corrected chi connectivity index (χ1v) is 9.21. The van der Waals surface area contributed by atoms with Gasteiger partial charge in [-0.15, -0.1) is 0 Å². The summed E-state index contributed by atoms with van der Waals surface area (Å²) in [6.45, 7) is 0. The zero-order valence-electron chi connectivity index (χ0n) is 14.6. The molecule has 1 atom stereocenters. The van der Waals surface area contributed by atoms with Gasteiger partial charge in [-0.25, -0.2) is 0 Å². The third-order valence-corrected chi connectivity index (χ3v) is 5.33. The average Bonchev–Trinajstić information content (AvgIpc) is 3.43. The maximum Gasteiger partial charge on any atom is 0.309 e. The summed E-state index contributed by atoms with van der Waals surface area (Å²) in [4.78, 5) is 20.3. The second-order valence-electron chi connectivity index (χ2n) is 7.23. The van der Waals surface area contributed by atoms with E-state index in [1.165, 1.54) is 0 Å². The summed E-state index contributed by atoms with van der Waals surface area (Å²) >= 11 is 0. The summed E-state index contributed by atoms with van der Waals surface area (Å²) in [7, 11) is 0. The monoisotopic (exact) mass is 338 g/mol. The lowest BCUT2D eigenvalue weighted by atomic mass is 9.87. The molecule has 0 aliphatic heterocycles. The van der Waals surface area contributed by atoms with Crippen LogP contribution in [0.3, 0.4) is 0 Å². The number of carboxylic acid groups (broad SMARTS) is 1. The van der Waals surface area contributed by atoms with E-state index in [1.807, 2.05) is 36.7 Å². The van der Waals surface area contributed by atoms with Gasteiger partial charge in [-0.05, 0) is 81.5 Å². The summed E-state index contributed by atoms with van der Waals surface area (Å²) in [6, 6.07) is 12.1. The van der Waals surface area contributed by atoms with Crippen molar-refractivity contribution in [3.8, 4) is 0 Å². The van der Waals surface area contributed by atoms with Crippen molar-refractivity contribution in [3.05, 3.63) is 60.2 Å². The fourth-order valence-corrected chi connectivity index (χ4v) is 3.48. The molecule has 0 radical (unpaired) electrons. The minimum atomic E-state index is -0.613. The number of rotatable bonds is 10. The largest absolute Gasteiger partial charge is 0.481 e. The molecule has 1 fully saturated rings. The molecule has 2 heterocycles. The quantitative estimate of drug-likeness (QED) is 0.701. The number of aromatic nitrogens is 2. The Kier molecular flexibility index (Phi) is 5.79. The molecule has 2 aromatic rings. The Morgan fingerprint density at radius 2 is 1.72 bits per heavy atom. The van der Waals surface area contributed by atoms with E-state index < -0.39 is 11.4 Å². The Morgan fingerprint density at radius 1 is 1.04 bits per heavy atom. The zero-order chi connectivity index (χ0) is 17.5. The summed E-state index contributed by atoms with van der Waals surface area (Å²) in [5.41, 5.74) is 1.80. The molecule has 0 aromatic carbocycles. The van der Waals surface area contributed by atoms with Gasteiger partial charge in [0.25, 0.3) is 0 Å². The van der Waals surface area contributed by atoms with Gasteiger partial charge in [0.1, 0.15) is 0 Å². The van der Waals surface area contributed by atoms with E-state index in [1.54, 1.807) is 0 Å². The van der Waals surface area contributed by atoms with Gasteiger partial charge >= 0.3 is 5.97 Å². The first-order valence-electron chi connectivity index (χ1n) is 9.21. The maximum absolute atomic E-state index is 11.4. The Bertz CT molecular complexity index is 669. The molecule has 1 aliphatic rings. The van der Waals surface area contributed by atoms with E-state index in [9.17, 15) is 9.90 Å². The van der Waals surface area contributed by atoms with Crippen LogP contribution in [0.25, 0.3) is 0 Å². The lowest BCUT2D eigenvalue weighted by Gasteiger charge is -2.19. The topological polar surface area (TPSA) is 63.1 Å². The number of carboxylic acids is 1. The van der Waals surface area contributed by atoms with E-state index in [0.717, 1.165) is 62.8 Å². The number of aliphatic carboxylic acids is 1. The van der Waals surface area contributed by atoms with Gasteiger partial charge in [-0.1, -0.05) is 12.1 Å². The lowest BCUT2D eigenvalue weighted by Crippen LogP contribution is -2.17. The van der Waals surface area contributed by atoms with Crippen LogP contribution < -0.4 is 0 Å². The van der Waals surface area contributed by atoms with Crippen LogP contribution in [-0.2, 0) is 17.6 Å². The standard InChI is InChI=1S/C21H26N2O2/c24-20(25)21(12-13-21)11-10-17(16-19-8-2-4-15-23-19)6-5-9-18-7-1-3-14-22-18/h1-4,7-8,14-15,17H,5-6,9-13,16H2,(H,24,25). The van der Waals surface area contributed by atoms with Crippen molar-refractivity contribution >= 4 is 5.97 Å². The SMILES string of the molecule is O=C(O)C1(CCC(CCCc2ccccn2)Cc2ccccn2)CC1. The van der Waals surface area contributed by atoms with Crippen LogP contribution in [-0.4, -0.2) is 21.0 Å². The third kappa shape index (κ3) is 5.12. The first kappa shape index (κ1) is 17.6. The normalized spacial score (nSPS) is 16.3. The van der Waals surface area contributed by atoms with Gasteiger partial charge in [0.05, 0.1) is 5.41 Å². The van der Waals surface area contributed by atoms with E-state index >= 15 is 0 Å². The Hall–Kier alpha value is -2.23. The van der Waals surface area contributed by atoms with Crippen LogP contribution in [0.2, 0.25) is 0 Å². The number of carbonyl (C=O) groups is 1. The Balaban J connectivity index is 1.55. The van der Waals surface area contributed by atoms with Gasteiger partial charge in [0.2, 0.25) is 0 Å². The number of hydrogen-bond acceptors (Lipinski definition) is 3. The second-order valence-corrected chi connectivity index (χ2v) is 7.23. The van der Waals surface area contributed by atoms with Crippen molar-refractivity contribution in [1.29, 1.82) is 0 Å². The fraction of sp³-hybridized carbons (Fsp3) is 0.476. The highest BCUT2D eigenvalue weighted by Crippen LogP contribution is 2.50. The molecule has 25 heavy (non-hydrogen) atoms. The minimum absolute atomic E-state index is 0.427. The highest BCUT2D eigenvalue weighted by Gasteiger charge is 2.49. The summed E-state index contributed by atoms with van der Waals surface area (Å²) in [5, 5.41) is 9.41. The molecule has 1 unspecified atom stereocenters. The fourth-order valence-electron chi connectivity index (χ4n) is 3.48. The van der Waals surface area contributed by atoms with Gasteiger partial charge in [0.15, 0.2) is 0 Å². The average molecular weight is 338 g/mol. The molecule has 0 saturated heterocycles. The third-order valence-electron chi connectivity index (χ3n) is 5.33. The predicted molar refractivity (Wildman–Crippen MR) is 97.1 cm³/mol. The van der Waals surface area contributed by atoms with E-state index in [4.69, 9.17) is 0 Å². The molecule has 132 valence electrons. The van der Waals surface area contributed by atoms with Gasteiger partial charge in [-0.3, -0.25) is 14.8 Å². The van der Waals surface area contributed by atoms with Gasteiger partial charge in [-0.2, -0.15) is 0 Å². The second kappa shape index (κ2) is 8.24. The lowest BCUT2D eigenvalue weighted by molar-refractivity contribution is -0.143. The van der Waals surface area contributed by atoms with Crippen molar-refractivity contribution in [2.24, 2.45) is 11.3 Å². The number of aryl methyl sites for hydroxylation is 1. The van der Waals surface area contributed by atoms with Crippen LogP contribution in [0, 0.1) is 11.3 Å². The molecule has 4 nitrogen and oxygen atoms in total. The molecule has 0 spiro atoms. The Morgan fingerprint density at radius 3 is 2.28 bits per heavy atom. The minimum Gasteiger partial charge on any atom is -0.481 e. The van der Waals surface area contributed by atoms with E-state index in [-0.39, 0.29) is 0 Å². The summed E-state index contributed by atoms with van der Waals surface area (Å²) in [6.07, 6.45) is 11.2. The van der Waals surface area contributed by atoms with Crippen LogP contribution in [0.5, 0.6) is 0 Å². The zero-order valence-corrected chi connectivity index (χ0v) is 14.6. The summed E-state index contributed by atoms with van der Waals surface area (Å²) < 4.78 is 0. The molecule has 4 heteroatoms. The number of nitrogens with zero attached hydrogens (tertiary/aromatic N) is 2. The van der Waals surface area contributed by atoms with Crippen molar-refractivity contribution in [1.82, 2.24) is 9.97 Å². The van der Waals surface area contributed by atoms with Crippen LogP contribution in [0.15, 0.2) is 48.8 Å².